The van der Waals surface area contributed by atoms with E-state index < -0.39 is 27.7 Å². The first-order valence-corrected chi connectivity index (χ1v) is 9.83. The first kappa shape index (κ1) is 20.9. The molecule has 0 saturated heterocycles. The number of ether oxygens (including phenoxy) is 1. The Labute approximate surface area is 161 Å². The normalized spacial score (nSPS) is 11.1. The molecule has 0 aliphatic carbocycles. The lowest BCUT2D eigenvalue weighted by atomic mass is 10.2. The maximum Gasteiger partial charge on any atom is 0.276 e. The predicted molar refractivity (Wildman–Crippen MR) is 102 cm³/mol. The quantitative estimate of drug-likeness (QED) is 0.475. The van der Waals surface area contributed by atoms with Gasteiger partial charge in [0.05, 0.1) is 6.26 Å². The standard InChI is InChI=1S/C18H18FN3O5S/c1-28(25,26)22-15-7-2-13(3-8-15)4-11-17(23)20-21-18(24)12-27-16-9-5-14(19)6-10-16/h2-11,22H,12H2,1H3,(H,20,23)(H,21,24)/b11-4+. The van der Waals surface area contributed by atoms with Crippen LogP contribution in [0, 0.1) is 5.82 Å². The van der Waals surface area contributed by atoms with Gasteiger partial charge in [-0.15, -0.1) is 0 Å². The van der Waals surface area contributed by atoms with Crippen molar-refractivity contribution in [1.82, 2.24) is 10.9 Å². The van der Waals surface area contributed by atoms with E-state index in [1.807, 2.05) is 0 Å². The van der Waals surface area contributed by atoms with Crippen LogP contribution in [0.4, 0.5) is 10.1 Å². The third-order valence-electron chi connectivity index (χ3n) is 3.15. The number of sulfonamides is 1. The summed E-state index contributed by atoms with van der Waals surface area (Å²) in [5, 5.41) is 0. The molecular formula is C18H18FN3O5S. The van der Waals surface area contributed by atoms with Gasteiger partial charge in [-0.3, -0.25) is 25.2 Å². The molecule has 0 spiro atoms. The van der Waals surface area contributed by atoms with Crippen LogP contribution in [0.15, 0.2) is 54.6 Å². The Kier molecular flexibility index (Phi) is 7.10. The number of carbonyl (C=O) groups excluding carboxylic acids is 2. The average molecular weight is 407 g/mol. The molecule has 0 aliphatic rings. The Morgan fingerprint density at radius 2 is 1.68 bits per heavy atom. The van der Waals surface area contributed by atoms with Gasteiger partial charge in [0.2, 0.25) is 10.0 Å². The molecule has 0 heterocycles. The summed E-state index contributed by atoms with van der Waals surface area (Å²) in [6.45, 7) is -0.357. The van der Waals surface area contributed by atoms with Gasteiger partial charge in [0, 0.05) is 11.8 Å². The Morgan fingerprint density at radius 3 is 2.29 bits per heavy atom. The summed E-state index contributed by atoms with van der Waals surface area (Å²) in [6, 6.07) is 11.5. The first-order valence-electron chi connectivity index (χ1n) is 7.94. The second-order valence-corrected chi connectivity index (χ2v) is 7.36. The van der Waals surface area contributed by atoms with Crippen LogP contribution >= 0.6 is 0 Å². The molecule has 0 unspecified atom stereocenters. The van der Waals surface area contributed by atoms with E-state index in [-0.39, 0.29) is 6.61 Å². The van der Waals surface area contributed by atoms with Gasteiger partial charge in [-0.25, -0.2) is 12.8 Å². The summed E-state index contributed by atoms with van der Waals surface area (Å²) in [7, 11) is -3.36. The molecule has 2 amide bonds. The van der Waals surface area contributed by atoms with Crippen molar-refractivity contribution in [2.45, 2.75) is 0 Å². The molecule has 0 fully saturated rings. The fraction of sp³-hybridized carbons (Fsp3) is 0.111. The summed E-state index contributed by atoms with van der Waals surface area (Å²) < 4.78 is 42.5. The SMILES string of the molecule is CS(=O)(=O)Nc1ccc(/C=C/C(=O)NNC(=O)COc2ccc(F)cc2)cc1. The number of amides is 2. The van der Waals surface area contributed by atoms with Crippen LogP contribution in [0.3, 0.4) is 0 Å². The monoisotopic (exact) mass is 407 g/mol. The average Bonchev–Trinajstić information content (AvgIpc) is 2.64. The number of benzene rings is 2. The first-order chi connectivity index (χ1) is 13.2. The summed E-state index contributed by atoms with van der Waals surface area (Å²) in [6.07, 6.45) is 3.73. The molecule has 0 atom stereocenters. The van der Waals surface area contributed by atoms with Crippen molar-refractivity contribution in [3.05, 3.63) is 66.0 Å². The van der Waals surface area contributed by atoms with Gasteiger partial charge in [0.1, 0.15) is 11.6 Å². The Balaban J connectivity index is 1.75. The lowest BCUT2D eigenvalue weighted by molar-refractivity contribution is -0.128. The molecule has 3 N–H and O–H groups in total. The zero-order valence-electron chi connectivity index (χ0n) is 14.8. The summed E-state index contributed by atoms with van der Waals surface area (Å²) in [5.41, 5.74) is 5.41. The van der Waals surface area contributed by atoms with Crippen molar-refractivity contribution in [3.63, 3.8) is 0 Å². The van der Waals surface area contributed by atoms with Gasteiger partial charge in [0.15, 0.2) is 6.61 Å². The zero-order valence-corrected chi connectivity index (χ0v) is 15.6. The molecular weight excluding hydrogens is 389 g/mol. The lowest BCUT2D eigenvalue weighted by Crippen LogP contribution is -2.43. The number of halogens is 1. The molecule has 0 aliphatic heterocycles. The van der Waals surface area contributed by atoms with Gasteiger partial charge in [-0.1, -0.05) is 12.1 Å². The molecule has 0 bridgehead atoms. The van der Waals surface area contributed by atoms with E-state index in [1.165, 1.54) is 36.4 Å². The second kappa shape index (κ2) is 9.51. The minimum Gasteiger partial charge on any atom is -0.484 e. The van der Waals surface area contributed by atoms with Crippen LogP contribution in [-0.2, 0) is 19.6 Å². The van der Waals surface area contributed by atoms with Crippen LogP contribution in [0.25, 0.3) is 6.08 Å². The highest BCUT2D eigenvalue weighted by Crippen LogP contribution is 2.12. The molecule has 2 aromatic rings. The fourth-order valence-corrected chi connectivity index (χ4v) is 2.50. The van der Waals surface area contributed by atoms with Crippen molar-refractivity contribution >= 4 is 33.6 Å². The molecule has 2 aromatic carbocycles. The van der Waals surface area contributed by atoms with E-state index in [0.717, 1.165) is 6.26 Å². The van der Waals surface area contributed by atoms with E-state index in [1.54, 1.807) is 24.3 Å². The number of rotatable bonds is 7. The largest absolute Gasteiger partial charge is 0.484 e. The summed E-state index contributed by atoms with van der Waals surface area (Å²) in [4.78, 5) is 23.3. The molecule has 0 saturated carbocycles. The van der Waals surface area contributed by atoms with E-state index in [9.17, 15) is 22.4 Å². The maximum atomic E-state index is 12.8. The van der Waals surface area contributed by atoms with E-state index in [0.29, 0.717) is 17.0 Å². The third-order valence-corrected chi connectivity index (χ3v) is 3.76. The van der Waals surface area contributed by atoms with Crippen molar-refractivity contribution < 1.29 is 27.1 Å². The number of nitrogens with one attached hydrogen (secondary N) is 3. The van der Waals surface area contributed by atoms with Gasteiger partial charge in [-0.2, -0.15) is 0 Å². The summed E-state index contributed by atoms with van der Waals surface area (Å²) >= 11 is 0. The third kappa shape index (κ3) is 7.87. The van der Waals surface area contributed by atoms with Gasteiger partial charge >= 0.3 is 0 Å². The van der Waals surface area contributed by atoms with E-state index in [2.05, 4.69) is 15.6 Å². The van der Waals surface area contributed by atoms with E-state index >= 15 is 0 Å². The highest BCUT2D eigenvalue weighted by molar-refractivity contribution is 7.92. The Morgan fingerprint density at radius 1 is 1.04 bits per heavy atom. The number of carbonyl (C=O) groups is 2. The molecule has 0 radical (unpaired) electrons. The smallest absolute Gasteiger partial charge is 0.276 e. The molecule has 148 valence electrons. The minimum atomic E-state index is -3.36. The van der Waals surface area contributed by atoms with Gasteiger partial charge in [0.25, 0.3) is 11.8 Å². The van der Waals surface area contributed by atoms with Crippen LogP contribution in [-0.4, -0.2) is 33.1 Å². The maximum absolute atomic E-state index is 12.8. The molecule has 8 nitrogen and oxygen atoms in total. The molecule has 0 aromatic heterocycles. The molecule has 28 heavy (non-hydrogen) atoms. The summed E-state index contributed by atoms with van der Waals surface area (Å²) in [5.74, 6) is -1.27. The highest BCUT2D eigenvalue weighted by Gasteiger charge is 2.04. The fourth-order valence-electron chi connectivity index (χ4n) is 1.94. The van der Waals surface area contributed by atoms with Crippen molar-refractivity contribution in [3.8, 4) is 5.75 Å². The van der Waals surface area contributed by atoms with Crippen molar-refractivity contribution in [2.24, 2.45) is 0 Å². The van der Waals surface area contributed by atoms with E-state index in [4.69, 9.17) is 4.74 Å². The van der Waals surface area contributed by atoms with Crippen molar-refractivity contribution in [1.29, 1.82) is 0 Å². The lowest BCUT2D eigenvalue weighted by Gasteiger charge is -2.07. The Hall–Kier alpha value is -3.40. The number of hydrogen-bond donors (Lipinski definition) is 3. The Bertz CT molecular complexity index is 958. The van der Waals surface area contributed by atoms with Crippen molar-refractivity contribution in [2.75, 3.05) is 17.6 Å². The van der Waals surface area contributed by atoms with Crippen LogP contribution in [0.2, 0.25) is 0 Å². The zero-order chi connectivity index (χ0) is 20.6. The molecule has 10 heteroatoms. The highest BCUT2D eigenvalue weighted by atomic mass is 32.2. The minimum absolute atomic E-state index is 0.316. The second-order valence-electron chi connectivity index (χ2n) is 5.61. The topological polar surface area (TPSA) is 114 Å². The van der Waals surface area contributed by atoms with Gasteiger partial charge < -0.3 is 4.74 Å². The van der Waals surface area contributed by atoms with Gasteiger partial charge in [-0.05, 0) is 48.0 Å². The van der Waals surface area contributed by atoms with Crippen LogP contribution in [0.1, 0.15) is 5.56 Å². The number of hydrazine groups is 1. The number of anilines is 1. The predicted octanol–water partition coefficient (Wildman–Crippen LogP) is 1.44. The van der Waals surface area contributed by atoms with Crippen LogP contribution < -0.4 is 20.3 Å². The van der Waals surface area contributed by atoms with Crippen LogP contribution in [0.5, 0.6) is 5.75 Å². The number of hydrogen-bond acceptors (Lipinski definition) is 5. The molecule has 2 rings (SSSR count).